The van der Waals surface area contributed by atoms with E-state index in [1.807, 2.05) is 36.5 Å². The SMILES string of the molecule is N#Cc1ccc(CNC(=O)CN2CC3CN(Cc4cn5ccccc5n4)CC(C2)O3)cc1. The molecule has 2 unspecified atom stereocenters. The molecule has 0 aliphatic carbocycles. The van der Waals surface area contributed by atoms with Gasteiger partial charge in [-0.05, 0) is 29.8 Å². The molecule has 0 radical (unpaired) electrons. The van der Waals surface area contributed by atoms with Crippen molar-refractivity contribution in [2.45, 2.75) is 25.3 Å². The number of carbonyl (C=O) groups is 1. The van der Waals surface area contributed by atoms with Crippen LogP contribution in [0.3, 0.4) is 0 Å². The van der Waals surface area contributed by atoms with Gasteiger partial charge < -0.3 is 14.5 Å². The van der Waals surface area contributed by atoms with Crippen molar-refractivity contribution in [1.82, 2.24) is 24.5 Å². The summed E-state index contributed by atoms with van der Waals surface area (Å²) in [6.07, 6.45) is 4.31. The molecular formula is C24H26N6O2. The van der Waals surface area contributed by atoms with E-state index in [-0.39, 0.29) is 18.1 Å². The highest BCUT2D eigenvalue weighted by molar-refractivity contribution is 5.78. The van der Waals surface area contributed by atoms with Gasteiger partial charge in [0.2, 0.25) is 5.91 Å². The Labute approximate surface area is 187 Å². The molecule has 1 aromatic carbocycles. The number of hydrogen-bond donors (Lipinski definition) is 1. The van der Waals surface area contributed by atoms with E-state index < -0.39 is 0 Å². The number of fused-ring (bicyclic) bond motifs is 3. The molecule has 0 spiro atoms. The number of imidazole rings is 1. The fraction of sp³-hybridized carbons (Fsp3) is 0.375. The maximum atomic E-state index is 12.5. The molecule has 4 heterocycles. The number of ether oxygens (including phenoxy) is 1. The first-order valence-electron chi connectivity index (χ1n) is 10.9. The second kappa shape index (κ2) is 9.09. The normalized spacial score (nSPS) is 21.3. The molecule has 1 amide bonds. The number of benzene rings is 1. The van der Waals surface area contributed by atoms with Crippen LogP contribution in [-0.4, -0.2) is 70.0 Å². The summed E-state index contributed by atoms with van der Waals surface area (Å²) in [7, 11) is 0. The summed E-state index contributed by atoms with van der Waals surface area (Å²) in [6, 6.07) is 15.4. The van der Waals surface area contributed by atoms with Gasteiger partial charge in [0.1, 0.15) is 5.65 Å². The fourth-order valence-corrected chi connectivity index (χ4v) is 4.57. The van der Waals surface area contributed by atoms with Crippen LogP contribution >= 0.6 is 0 Å². The maximum absolute atomic E-state index is 12.5. The average Bonchev–Trinajstić information content (AvgIpc) is 3.19. The molecule has 5 rings (SSSR count). The molecular weight excluding hydrogens is 404 g/mol. The van der Waals surface area contributed by atoms with E-state index in [0.717, 1.165) is 49.6 Å². The zero-order valence-electron chi connectivity index (χ0n) is 17.9. The van der Waals surface area contributed by atoms with Crippen LogP contribution < -0.4 is 5.32 Å². The lowest BCUT2D eigenvalue weighted by atomic mass is 10.1. The molecule has 2 saturated heterocycles. The number of carbonyl (C=O) groups excluding carboxylic acids is 1. The monoisotopic (exact) mass is 430 g/mol. The standard InChI is InChI=1S/C24H26N6O2/c25-9-18-4-6-19(7-5-18)10-26-24(31)17-29-15-21-13-28(14-22(16-29)32-21)11-20-12-30-8-2-1-3-23(30)27-20/h1-8,12,21-22H,10-11,13-17H2,(H,26,31). The topological polar surface area (TPSA) is 85.9 Å². The Bertz CT molecular complexity index is 1090. The lowest BCUT2D eigenvalue weighted by Crippen LogP contribution is -2.60. The van der Waals surface area contributed by atoms with Crippen LogP contribution in [-0.2, 0) is 22.6 Å². The number of aromatic nitrogens is 2. The lowest BCUT2D eigenvalue weighted by Gasteiger charge is -2.45. The number of rotatable bonds is 6. The minimum Gasteiger partial charge on any atom is -0.370 e. The van der Waals surface area contributed by atoms with Crippen LogP contribution in [0.5, 0.6) is 0 Å². The van der Waals surface area contributed by atoms with E-state index in [1.165, 1.54) is 0 Å². The summed E-state index contributed by atoms with van der Waals surface area (Å²) < 4.78 is 8.20. The molecule has 0 saturated carbocycles. The molecule has 8 nitrogen and oxygen atoms in total. The van der Waals surface area contributed by atoms with Crippen molar-refractivity contribution < 1.29 is 9.53 Å². The smallest absolute Gasteiger partial charge is 0.234 e. The maximum Gasteiger partial charge on any atom is 0.234 e. The van der Waals surface area contributed by atoms with Crippen molar-refractivity contribution in [3.05, 3.63) is 71.7 Å². The van der Waals surface area contributed by atoms with Gasteiger partial charge in [-0.1, -0.05) is 18.2 Å². The van der Waals surface area contributed by atoms with Crippen molar-refractivity contribution in [1.29, 1.82) is 5.26 Å². The highest BCUT2D eigenvalue weighted by Crippen LogP contribution is 2.20. The third-order valence-electron chi connectivity index (χ3n) is 5.97. The third kappa shape index (κ3) is 4.81. The molecule has 3 aromatic rings. The second-order valence-corrected chi connectivity index (χ2v) is 8.55. The van der Waals surface area contributed by atoms with Crippen molar-refractivity contribution in [2.24, 2.45) is 0 Å². The Hall–Kier alpha value is -3.25. The number of hydrogen-bond acceptors (Lipinski definition) is 6. The molecule has 2 fully saturated rings. The predicted molar refractivity (Wildman–Crippen MR) is 119 cm³/mol. The van der Waals surface area contributed by atoms with Crippen LogP contribution in [0.1, 0.15) is 16.8 Å². The summed E-state index contributed by atoms with van der Waals surface area (Å²) in [5, 5.41) is 11.9. The Balaban J connectivity index is 1.10. The molecule has 1 N–H and O–H groups in total. The number of morpholine rings is 2. The molecule has 2 atom stereocenters. The highest BCUT2D eigenvalue weighted by Gasteiger charge is 2.35. The third-order valence-corrected chi connectivity index (χ3v) is 5.97. The summed E-state index contributed by atoms with van der Waals surface area (Å²) in [6.45, 7) is 4.84. The van der Waals surface area contributed by atoms with Gasteiger partial charge in [0.25, 0.3) is 0 Å². The molecule has 2 bridgehead atoms. The number of amides is 1. The van der Waals surface area contributed by atoms with Crippen molar-refractivity contribution in [3.63, 3.8) is 0 Å². The van der Waals surface area contributed by atoms with Gasteiger partial charge >= 0.3 is 0 Å². The van der Waals surface area contributed by atoms with Gasteiger partial charge in [0.15, 0.2) is 0 Å². The quantitative estimate of drug-likeness (QED) is 0.637. The molecule has 2 aromatic heterocycles. The van der Waals surface area contributed by atoms with Crippen LogP contribution in [0, 0.1) is 11.3 Å². The average molecular weight is 431 g/mol. The van der Waals surface area contributed by atoms with E-state index in [2.05, 4.69) is 31.8 Å². The number of nitrogens with one attached hydrogen (secondary N) is 1. The van der Waals surface area contributed by atoms with Crippen LogP contribution in [0.2, 0.25) is 0 Å². The predicted octanol–water partition coefficient (Wildman–Crippen LogP) is 1.41. The number of nitriles is 1. The summed E-state index contributed by atoms with van der Waals surface area (Å²) in [5.41, 5.74) is 3.64. The molecule has 2 aliphatic heterocycles. The molecule has 8 heteroatoms. The van der Waals surface area contributed by atoms with Gasteiger partial charge in [-0.25, -0.2) is 4.98 Å². The summed E-state index contributed by atoms with van der Waals surface area (Å²) in [5.74, 6) is 0.0101. The van der Waals surface area contributed by atoms with Crippen LogP contribution in [0.15, 0.2) is 54.9 Å². The summed E-state index contributed by atoms with van der Waals surface area (Å²) >= 11 is 0. The van der Waals surface area contributed by atoms with Crippen molar-refractivity contribution in [3.8, 4) is 6.07 Å². The van der Waals surface area contributed by atoms with Gasteiger partial charge in [0.05, 0.1) is 36.1 Å². The number of pyridine rings is 1. The summed E-state index contributed by atoms with van der Waals surface area (Å²) in [4.78, 5) is 21.8. The molecule has 2 aliphatic rings. The van der Waals surface area contributed by atoms with E-state index in [4.69, 9.17) is 15.0 Å². The van der Waals surface area contributed by atoms with Gasteiger partial charge in [-0.3, -0.25) is 14.6 Å². The largest absolute Gasteiger partial charge is 0.370 e. The van der Waals surface area contributed by atoms with E-state index in [1.54, 1.807) is 12.1 Å². The Morgan fingerprint density at radius 3 is 2.56 bits per heavy atom. The Morgan fingerprint density at radius 2 is 1.84 bits per heavy atom. The Kier molecular flexibility index (Phi) is 5.86. The van der Waals surface area contributed by atoms with Crippen LogP contribution in [0.25, 0.3) is 5.65 Å². The molecule has 32 heavy (non-hydrogen) atoms. The van der Waals surface area contributed by atoms with Crippen LogP contribution in [0.4, 0.5) is 0 Å². The van der Waals surface area contributed by atoms with Gasteiger partial charge in [0, 0.05) is 51.7 Å². The van der Waals surface area contributed by atoms with E-state index in [0.29, 0.717) is 18.7 Å². The zero-order valence-corrected chi connectivity index (χ0v) is 17.9. The van der Waals surface area contributed by atoms with Crippen molar-refractivity contribution >= 4 is 11.6 Å². The second-order valence-electron chi connectivity index (χ2n) is 8.55. The Morgan fingerprint density at radius 1 is 1.09 bits per heavy atom. The first-order valence-corrected chi connectivity index (χ1v) is 10.9. The zero-order chi connectivity index (χ0) is 21.9. The minimum absolute atomic E-state index is 0.0101. The number of nitrogens with zero attached hydrogens (tertiary/aromatic N) is 5. The van der Waals surface area contributed by atoms with Gasteiger partial charge in [-0.2, -0.15) is 5.26 Å². The minimum atomic E-state index is 0.0101. The van der Waals surface area contributed by atoms with Gasteiger partial charge in [-0.15, -0.1) is 0 Å². The van der Waals surface area contributed by atoms with E-state index >= 15 is 0 Å². The highest BCUT2D eigenvalue weighted by atomic mass is 16.5. The van der Waals surface area contributed by atoms with Crippen molar-refractivity contribution in [2.75, 3.05) is 32.7 Å². The van der Waals surface area contributed by atoms with E-state index in [9.17, 15) is 4.79 Å². The fourth-order valence-electron chi connectivity index (χ4n) is 4.57. The molecule has 164 valence electrons. The lowest BCUT2D eigenvalue weighted by molar-refractivity contribution is -0.146. The first-order chi connectivity index (χ1) is 15.6. The first kappa shape index (κ1) is 20.6.